The van der Waals surface area contributed by atoms with E-state index >= 15 is 0 Å². The first-order valence-electron chi connectivity index (χ1n) is 8.70. The average Bonchev–Trinajstić information content (AvgIpc) is 2.92. The molecule has 1 amide bonds. The minimum absolute atomic E-state index is 0.0416. The zero-order chi connectivity index (χ0) is 18.0. The number of benzene rings is 2. The Hall–Kier alpha value is -2.62. The molecule has 2 aromatic carbocycles. The molecular formula is C21H25N3O. The summed E-state index contributed by atoms with van der Waals surface area (Å²) in [4.78, 5) is 18.1. The second kappa shape index (κ2) is 7.09. The molecule has 0 unspecified atom stereocenters. The lowest BCUT2D eigenvalue weighted by atomic mass is 10.0. The maximum absolute atomic E-state index is 11.6. The van der Waals surface area contributed by atoms with Gasteiger partial charge in [0.25, 0.3) is 0 Å². The fraction of sp³-hybridized carbons (Fsp3) is 0.333. The standard InChI is InChI=1S/C21H25N3O/c1-15(2)18-11-9-17(10-12-18)13-24-20-8-6-5-7-19(20)22-21(24)14-23(4)16(3)25/h5-12,15H,13-14H2,1-4H3. The number of carbonyl (C=O) groups is 1. The normalized spacial score (nSPS) is 11.2. The highest BCUT2D eigenvalue weighted by atomic mass is 16.2. The van der Waals surface area contributed by atoms with Crippen molar-refractivity contribution < 1.29 is 4.79 Å². The van der Waals surface area contributed by atoms with Gasteiger partial charge in [-0.25, -0.2) is 4.98 Å². The van der Waals surface area contributed by atoms with Gasteiger partial charge in [-0.3, -0.25) is 4.79 Å². The van der Waals surface area contributed by atoms with Gasteiger partial charge in [-0.05, 0) is 29.2 Å². The van der Waals surface area contributed by atoms with Crippen molar-refractivity contribution in [2.75, 3.05) is 7.05 Å². The Morgan fingerprint density at radius 2 is 1.80 bits per heavy atom. The molecule has 0 aliphatic carbocycles. The first kappa shape index (κ1) is 17.2. The summed E-state index contributed by atoms with van der Waals surface area (Å²) in [5, 5.41) is 0. The third-order valence-corrected chi connectivity index (χ3v) is 4.64. The number of fused-ring (bicyclic) bond motifs is 1. The predicted octanol–water partition coefficient (Wildman–Crippen LogP) is 4.19. The number of aromatic nitrogens is 2. The van der Waals surface area contributed by atoms with E-state index in [1.54, 1.807) is 11.8 Å². The molecule has 0 spiro atoms. The van der Waals surface area contributed by atoms with Crippen LogP contribution in [-0.4, -0.2) is 27.4 Å². The molecule has 0 atom stereocenters. The van der Waals surface area contributed by atoms with Crippen LogP contribution in [0.15, 0.2) is 48.5 Å². The first-order valence-corrected chi connectivity index (χ1v) is 8.70. The quantitative estimate of drug-likeness (QED) is 0.701. The van der Waals surface area contributed by atoms with Crippen molar-refractivity contribution in [1.29, 1.82) is 0 Å². The number of para-hydroxylation sites is 2. The van der Waals surface area contributed by atoms with Crippen LogP contribution in [0.1, 0.15) is 43.6 Å². The molecule has 3 aromatic rings. The molecule has 1 heterocycles. The van der Waals surface area contributed by atoms with Gasteiger partial charge in [0.15, 0.2) is 0 Å². The Morgan fingerprint density at radius 1 is 1.12 bits per heavy atom. The molecule has 0 aliphatic rings. The van der Waals surface area contributed by atoms with Crippen molar-refractivity contribution in [1.82, 2.24) is 14.5 Å². The molecule has 3 rings (SSSR count). The molecule has 0 fully saturated rings. The molecule has 0 N–H and O–H groups in total. The van der Waals surface area contributed by atoms with Gasteiger partial charge in [-0.2, -0.15) is 0 Å². The highest BCUT2D eigenvalue weighted by molar-refractivity contribution is 5.76. The Labute approximate surface area is 149 Å². The van der Waals surface area contributed by atoms with Crippen molar-refractivity contribution in [2.45, 2.75) is 39.8 Å². The van der Waals surface area contributed by atoms with E-state index in [9.17, 15) is 4.79 Å². The number of hydrogen-bond acceptors (Lipinski definition) is 2. The van der Waals surface area contributed by atoms with Crippen LogP contribution in [0.5, 0.6) is 0 Å². The number of nitrogens with zero attached hydrogens (tertiary/aromatic N) is 3. The average molecular weight is 335 g/mol. The van der Waals surface area contributed by atoms with Crippen LogP contribution < -0.4 is 0 Å². The second-order valence-corrected chi connectivity index (χ2v) is 6.87. The molecule has 0 aliphatic heterocycles. The van der Waals surface area contributed by atoms with Crippen molar-refractivity contribution in [3.05, 3.63) is 65.5 Å². The Bertz CT molecular complexity index is 878. The highest BCUT2D eigenvalue weighted by Gasteiger charge is 2.14. The third-order valence-electron chi connectivity index (χ3n) is 4.64. The number of hydrogen-bond donors (Lipinski definition) is 0. The monoisotopic (exact) mass is 335 g/mol. The van der Waals surface area contributed by atoms with E-state index in [1.165, 1.54) is 11.1 Å². The van der Waals surface area contributed by atoms with Crippen LogP contribution in [0.25, 0.3) is 11.0 Å². The second-order valence-electron chi connectivity index (χ2n) is 6.87. The molecule has 0 saturated heterocycles. The molecule has 4 nitrogen and oxygen atoms in total. The summed E-state index contributed by atoms with van der Waals surface area (Å²) in [5.74, 6) is 1.48. The van der Waals surface area contributed by atoms with Crippen molar-refractivity contribution in [2.24, 2.45) is 0 Å². The molecule has 130 valence electrons. The summed E-state index contributed by atoms with van der Waals surface area (Å²) < 4.78 is 2.21. The van der Waals surface area contributed by atoms with Crippen LogP contribution in [0, 0.1) is 0 Å². The Kier molecular flexibility index (Phi) is 4.88. The molecule has 0 bridgehead atoms. The van der Waals surface area contributed by atoms with Gasteiger partial charge in [0.05, 0.1) is 17.6 Å². The zero-order valence-corrected chi connectivity index (χ0v) is 15.4. The summed E-state index contributed by atoms with van der Waals surface area (Å²) in [7, 11) is 1.81. The molecular weight excluding hydrogens is 310 g/mol. The van der Waals surface area contributed by atoms with Gasteiger partial charge in [-0.1, -0.05) is 50.2 Å². The van der Waals surface area contributed by atoms with E-state index in [1.807, 2.05) is 25.2 Å². The fourth-order valence-corrected chi connectivity index (χ4v) is 2.94. The zero-order valence-electron chi connectivity index (χ0n) is 15.4. The van der Waals surface area contributed by atoms with E-state index in [-0.39, 0.29) is 5.91 Å². The van der Waals surface area contributed by atoms with Gasteiger partial charge >= 0.3 is 0 Å². The number of imidazole rings is 1. The molecule has 0 saturated carbocycles. The summed E-state index contributed by atoms with van der Waals surface area (Å²) in [5.41, 5.74) is 4.64. The number of rotatable bonds is 5. The minimum atomic E-state index is 0.0416. The van der Waals surface area contributed by atoms with Crippen LogP contribution in [0.4, 0.5) is 0 Å². The molecule has 1 aromatic heterocycles. The van der Waals surface area contributed by atoms with Gasteiger partial charge < -0.3 is 9.47 Å². The van der Waals surface area contributed by atoms with Gasteiger partial charge in [0.2, 0.25) is 5.91 Å². The molecule has 25 heavy (non-hydrogen) atoms. The van der Waals surface area contributed by atoms with Crippen LogP contribution >= 0.6 is 0 Å². The third kappa shape index (κ3) is 3.73. The van der Waals surface area contributed by atoms with Crippen molar-refractivity contribution in [3.63, 3.8) is 0 Å². The van der Waals surface area contributed by atoms with Gasteiger partial charge in [0.1, 0.15) is 5.82 Å². The number of carbonyl (C=O) groups excluding carboxylic acids is 1. The lowest BCUT2D eigenvalue weighted by Gasteiger charge is -2.16. The Morgan fingerprint density at radius 3 is 2.44 bits per heavy atom. The molecule has 4 heteroatoms. The fourth-order valence-electron chi connectivity index (χ4n) is 2.94. The lowest BCUT2D eigenvalue weighted by Crippen LogP contribution is -2.25. The topological polar surface area (TPSA) is 38.1 Å². The minimum Gasteiger partial charge on any atom is -0.339 e. The smallest absolute Gasteiger partial charge is 0.219 e. The van der Waals surface area contributed by atoms with E-state index in [4.69, 9.17) is 4.98 Å². The summed E-state index contributed by atoms with van der Waals surface area (Å²) in [6.07, 6.45) is 0. The van der Waals surface area contributed by atoms with Gasteiger partial charge in [-0.15, -0.1) is 0 Å². The predicted molar refractivity (Wildman–Crippen MR) is 102 cm³/mol. The highest BCUT2D eigenvalue weighted by Crippen LogP contribution is 2.20. The van der Waals surface area contributed by atoms with E-state index in [2.05, 4.69) is 48.7 Å². The Balaban J connectivity index is 1.96. The maximum atomic E-state index is 11.6. The summed E-state index contributed by atoms with van der Waals surface area (Å²) in [6, 6.07) is 16.9. The summed E-state index contributed by atoms with van der Waals surface area (Å²) >= 11 is 0. The van der Waals surface area contributed by atoms with Crippen molar-refractivity contribution >= 4 is 16.9 Å². The summed E-state index contributed by atoms with van der Waals surface area (Å²) in [6.45, 7) is 7.24. The van der Waals surface area contributed by atoms with Gasteiger partial charge in [0, 0.05) is 20.5 Å². The largest absolute Gasteiger partial charge is 0.339 e. The molecule has 0 radical (unpaired) electrons. The van der Waals surface area contributed by atoms with E-state index in [0.29, 0.717) is 12.5 Å². The first-order chi connectivity index (χ1) is 12.0. The van der Waals surface area contributed by atoms with Crippen molar-refractivity contribution in [3.8, 4) is 0 Å². The van der Waals surface area contributed by atoms with E-state index < -0.39 is 0 Å². The number of amides is 1. The van der Waals surface area contributed by atoms with Crippen LogP contribution in [0.2, 0.25) is 0 Å². The maximum Gasteiger partial charge on any atom is 0.219 e. The van der Waals surface area contributed by atoms with Crippen LogP contribution in [0.3, 0.4) is 0 Å². The lowest BCUT2D eigenvalue weighted by molar-refractivity contribution is -0.128. The van der Waals surface area contributed by atoms with Crippen LogP contribution in [-0.2, 0) is 17.9 Å². The van der Waals surface area contributed by atoms with E-state index in [0.717, 1.165) is 23.4 Å². The SMILES string of the molecule is CC(=O)N(C)Cc1nc2ccccc2n1Cc1ccc(C(C)C)cc1.